The van der Waals surface area contributed by atoms with E-state index < -0.39 is 0 Å². The Labute approximate surface area is 106 Å². The molecule has 90 valence electrons. The van der Waals surface area contributed by atoms with Gasteiger partial charge in [0.05, 0.1) is 5.69 Å². The molecule has 0 aliphatic heterocycles. The highest BCUT2D eigenvalue weighted by Crippen LogP contribution is 2.54. The summed E-state index contributed by atoms with van der Waals surface area (Å²) < 4.78 is 0. The van der Waals surface area contributed by atoms with Crippen LogP contribution >= 0.6 is 11.6 Å². The van der Waals surface area contributed by atoms with Gasteiger partial charge in [-0.15, -0.1) is 0 Å². The molecule has 4 heteroatoms. The number of hydrogen-bond acceptors (Lipinski definition) is 2. The lowest BCUT2D eigenvalue weighted by Crippen LogP contribution is -2.22. The fourth-order valence-electron chi connectivity index (χ4n) is 2.80. The SMILES string of the molecule is Cc1cnc(Cl)c(NC(=O)C2CC3CC3C2)c1. The molecular formula is C13H15ClN2O. The number of carbonyl (C=O) groups is 1. The Morgan fingerprint density at radius 2 is 2.12 bits per heavy atom. The molecule has 1 amide bonds. The molecular weight excluding hydrogens is 236 g/mol. The second-order valence-corrected chi connectivity index (χ2v) is 5.62. The summed E-state index contributed by atoms with van der Waals surface area (Å²) in [6, 6.07) is 1.86. The van der Waals surface area contributed by atoms with E-state index in [2.05, 4.69) is 10.3 Å². The van der Waals surface area contributed by atoms with Crippen LogP contribution in [0.2, 0.25) is 5.15 Å². The molecule has 2 aliphatic carbocycles. The van der Waals surface area contributed by atoms with E-state index in [0.717, 1.165) is 30.2 Å². The van der Waals surface area contributed by atoms with Crippen molar-refractivity contribution in [1.29, 1.82) is 0 Å². The third kappa shape index (κ3) is 2.16. The van der Waals surface area contributed by atoms with E-state index in [9.17, 15) is 4.79 Å². The Kier molecular flexibility index (Phi) is 2.58. The van der Waals surface area contributed by atoms with Crippen molar-refractivity contribution >= 4 is 23.2 Å². The van der Waals surface area contributed by atoms with Gasteiger partial charge >= 0.3 is 0 Å². The molecule has 0 saturated heterocycles. The van der Waals surface area contributed by atoms with Gasteiger partial charge in [0.25, 0.3) is 0 Å². The number of amides is 1. The van der Waals surface area contributed by atoms with Crippen LogP contribution in [0, 0.1) is 24.7 Å². The molecule has 0 radical (unpaired) electrons. The quantitative estimate of drug-likeness (QED) is 0.820. The first-order chi connectivity index (χ1) is 8.13. The van der Waals surface area contributed by atoms with Gasteiger partial charge in [-0.05, 0) is 49.7 Å². The number of carbonyl (C=O) groups excluding carboxylic acids is 1. The Hall–Kier alpha value is -1.09. The first-order valence-electron chi connectivity index (χ1n) is 6.06. The zero-order valence-electron chi connectivity index (χ0n) is 9.74. The summed E-state index contributed by atoms with van der Waals surface area (Å²) >= 11 is 5.96. The molecule has 1 heterocycles. The minimum atomic E-state index is 0.103. The van der Waals surface area contributed by atoms with Crippen molar-refractivity contribution in [3.8, 4) is 0 Å². The molecule has 1 N–H and O–H groups in total. The van der Waals surface area contributed by atoms with Gasteiger partial charge < -0.3 is 5.32 Å². The molecule has 3 nitrogen and oxygen atoms in total. The second kappa shape index (κ2) is 3.98. The van der Waals surface area contributed by atoms with Crippen LogP contribution in [0.25, 0.3) is 0 Å². The molecule has 1 aromatic rings. The van der Waals surface area contributed by atoms with Gasteiger partial charge in [0, 0.05) is 12.1 Å². The molecule has 0 aromatic carbocycles. The van der Waals surface area contributed by atoms with Crippen LogP contribution in [0.1, 0.15) is 24.8 Å². The molecule has 2 atom stereocenters. The van der Waals surface area contributed by atoms with Crippen LogP contribution in [0.15, 0.2) is 12.3 Å². The van der Waals surface area contributed by atoms with Crippen molar-refractivity contribution in [2.45, 2.75) is 26.2 Å². The Bertz CT molecular complexity index is 464. The smallest absolute Gasteiger partial charge is 0.227 e. The number of anilines is 1. The lowest BCUT2D eigenvalue weighted by atomic mass is 10.0. The Balaban J connectivity index is 1.69. The zero-order valence-corrected chi connectivity index (χ0v) is 10.5. The number of halogens is 1. The van der Waals surface area contributed by atoms with Gasteiger partial charge in [0.15, 0.2) is 5.15 Å². The summed E-state index contributed by atoms with van der Waals surface area (Å²) in [4.78, 5) is 16.1. The van der Waals surface area contributed by atoms with E-state index in [1.807, 2.05) is 13.0 Å². The highest BCUT2D eigenvalue weighted by molar-refractivity contribution is 6.32. The van der Waals surface area contributed by atoms with E-state index in [1.165, 1.54) is 6.42 Å². The van der Waals surface area contributed by atoms with Crippen LogP contribution < -0.4 is 5.32 Å². The van der Waals surface area contributed by atoms with E-state index in [4.69, 9.17) is 11.6 Å². The highest BCUT2D eigenvalue weighted by atomic mass is 35.5. The van der Waals surface area contributed by atoms with Crippen molar-refractivity contribution in [3.63, 3.8) is 0 Å². The van der Waals surface area contributed by atoms with Crippen LogP contribution in [-0.2, 0) is 4.79 Å². The van der Waals surface area contributed by atoms with E-state index in [-0.39, 0.29) is 11.8 Å². The minimum absolute atomic E-state index is 0.103. The summed E-state index contributed by atoms with van der Waals surface area (Å²) in [6.45, 7) is 1.93. The van der Waals surface area contributed by atoms with Crippen LogP contribution in [0.4, 0.5) is 5.69 Å². The summed E-state index contributed by atoms with van der Waals surface area (Å²) in [7, 11) is 0. The summed E-state index contributed by atoms with van der Waals surface area (Å²) in [5.74, 6) is 1.91. The van der Waals surface area contributed by atoms with Crippen molar-refractivity contribution in [2.75, 3.05) is 5.32 Å². The molecule has 0 bridgehead atoms. The normalized spacial score (nSPS) is 29.9. The van der Waals surface area contributed by atoms with Crippen LogP contribution in [0.3, 0.4) is 0 Å². The number of rotatable bonds is 2. The number of nitrogens with one attached hydrogen (secondary N) is 1. The third-order valence-electron chi connectivity index (χ3n) is 3.85. The summed E-state index contributed by atoms with van der Waals surface area (Å²) in [6.07, 6.45) is 5.13. The minimum Gasteiger partial charge on any atom is -0.323 e. The summed E-state index contributed by atoms with van der Waals surface area (Å²) in [5.41, 5.74) is 1.64. The predicted molar refractivity (Wildman–Crippen MR) is 66.9 cm³/mol. The second-order valence-electron chi connectivity index (χ2n) is 5.26. The van der Waals surface area contributed by atoms with Gasteiger partial charge in [-0.25, -0.2) is 4.98 Å². The fraction of sp³-hybridized carbons (Fsp3) is 0.538. The van der Waals surface area contributed by atoms with Gasteiger partial charge in [0.2, 0.25) is 5.91 Å². The Morgan fingerprint density at radius 1 is 1.41 bits per heavy atom. The van der Waals surface area contributed by atoms with Crippen LogP contribution in [0.5, 0.6) is 0 Å². The van der Waals surface area contributed by atoms with Crippen molar-refractivity contribution in [3.05, 3.63) is 23.0 Å². The van der Waals surface area contributed by atoms with E-state index >= 15 is 0 Å². The molecule has 17 heavy (non-hydrogen) atoms. The number of nitrogens with zero attached hydrogens (tertiary/aromatic N) is 1. The summed E-state index contributed by atoms with van der Waals surface area (Å²) in [5, 5.41) is 3.27. The maximum atomic E-state index is 12.0. The zero-order chi connectivity index (χ0) is 12.0. The van der Waals surface area contributed by atoms with E-state index in [1.54, 1.807) is 6.20 Å². The lowest BCUT2D eigenvalue weighted by Gasteiger charge is -2.13. The lowest BCUT2D eigenvalue weighted by molar-refractivity contribution is -0.120. The van der Waals surface area contributed by atoms with Gasteiger partial charge in [-0.1, -0.05) is 11.6 Å². The first-order valence-corrected chi connectivity index (χ1v) is 6.44. The molecule has 1 aromatic heterocycles. The van der Waals surface area contributed by atoms with Gasteiger partial charge in [0.1, 0.15) is 0 Å². The highest BCUT2D eigenvalue weighted by Gasteiger charge is 2.48. The topological polar surface area (TPSA) is 42.0 Å². The number of aromatic nitrogens is 1. The molecule has 3 rings (SSSR count). The average molecular weight is 251 g/mol. The van der Waals surface area contributed by atoms with Gasteiger partial charge in [-0.3, -0.25) is 4.79 Å². The molecule has 2 saturated carbocycles. The van der Waals surface area contributed by atoms with Crippen molar-refractivity contribution in [2.24, 2.45) is 17.8 Å². The first kappa shape index (κ1) is 11.0. The number of pyridine rings is 1. The van der Waals surface area contributed by atoms with Crippen molar-refractivity contribution < 1.29 is 4.79 Å². The average Bonchev–Trinajstić information content (AvgIpc) is 2.91. The maximum Gasteiger partial charge on any atom is 0.227 e. The predicted octanol–water partition coefficient (Wildman–Crippen LogP) is 3.03. The van der Waals surface area contributed by atoms with Crippen LogP contribution in [-0.4, -0.2) is 10.9 Å². The number of hydrogen-bond donors (Lipinski definition) is 1. The molecule has 2 unspecified atom stereocenters. The molecule has 2 fully saturated rings. The standard InChI is InChI=1S/C13H15ClN2O/c1-7-2-11(12(14)15-6-7)16-13(17)10-4-8-3-9(8)5-10/h2,6,8-10H,3-5H2,1H3,(H,16,17). The fourth-order valence-corrected chi connectivity index (χ4v) is 2.95. The number of aryl methyl sites for hydroxylation is 1. The molecule has 2 aliphatic rings. The number of fused-ring (bicyclic) bond motifs is 1. The largest absolute Gasteiger partial charge is 0.323 e. The molecule has 0 spiro atoms. The third-order valence-corrected chi connectivity index (χ3v) is 4.15. The van der Waals surface area contributed by atoms with Crippen molar-refractivity contribution in [1.82, 2.24) is 4.98 Å². The maximum absolute atomic E-state index is 12.0. The van der Waals surface area contributed by atoms with E-state index in [0.29, 0.717) is 10.8 Å². The monoisotopic (exact) mass is 250 g/mol. The van der Waals surface area contributed by atoms with Gasteiger partial charge in [-0.2, -0.15) is 0 Å². The Morgan fingerprint density at radius 3 is 2.82 bits per heavy atom.